The predicted molar refractivity (Wildman–Crippen MR) is 108 cm³/mol. The third kappa shape index (κ3) is 6.61. The van der Waals surface area contributed by atoms with Crippen LogP contribution in [0.25, 0.3) is 0 Å². The van der Waals surface area contributed by atoms with Crippen molar-refractivity contribution in [2.75, 3.05) is 18.5 Å². The SMILES string of the molecule is CCCCNc1ccccc1C(=O)OCC(=O)N[C@H](C)c1cccc(Cl)c1. The Morgan fingerprint density at radius 2 is 1.93 bits per heavy atom. The Morgan fingerprint density at radius 3 is 2.67 bits per heavy atom. The number of benzene rings is 2. The quantitative estimate of drug-likeness (QED) is 0.487. The largest absolute Gasteiger partial charge is 0.452 e. The van der Waals surface area contributed by atoms with Gasteiger partial charge in [-0.05, 0) is 43.2 Å². The van der Waals surface area contributed by atoms with Crippen molar-refractivity contribution in [3.8, 4) is 0 Å². The maximum atomic E-state index is 12.3. The number of amides is 1. The summed E-state index contributed by atoms with van der Waals surface area (Å²) in [5.74, 6) is -0.896. The topological polar surface area (TPSA) is 67.4 Å². The third-order valence-electron chi connectivity index (χ3n) is 4.05. The van der Waals surface area contributed by atoms with E-state index in [1.807, 2.05) is 31.2 Å². The molecule has 2 aromatic rings. The number of carbonyl (C=O) groups excluding carboxylic acids is 2. The van der Waals surface area contributed by atoms with E-state index in [4.69, 9.17) is 16.3 Å². The summed E-state index contributed by atoms with van der Waals surface area (Å²) in [5, 5.41) is 6.63. The molecule has 0 heterocycles. The standard InChI is InChI=1S/C21H25ClN2O3/c1-3-4-12-23-19-11-6-5-10-18(19)21(26)27-14-20(25)24-15(2)16-8-7-9-17(22)13-16/h5-11,13,15,23H,3-4,12,14H2,1-2H3,(H,24,25)/t15-/m1/s1. The second-order valence-electron chi connectivity index (χ2n) is 6.25. The molecule has 5 nitrogen and oxygen atoms in total. The Kier molecular flexibility index (Phi) is 8.14. The van der Waals surface area contributed by atoms with Crippen molar-refractivity contribution in [1.29, 1.82) is 0 Å². The van der Waals surface area contributed by atoms with Gasteiger partial charge in [-0.2, -0.15) is 0 Å². The lowest BCUT2D eigenvalue weighted by Gasteiger charge is -2.15. The molecule has 2 aromatic carbocycles. The van der Waals surface area contributed by atoms with Crippen LogP contribution in [0.1, 0.15) is 48.7 Å². The first kappa shape index (κ1) is 20.8. The first-order valence-corrected chi connectivity index (χ1v) is 9.44. The number of carbonyl (C=O) groups is 2. The maximum Gasteiger partial charge on any atom is 0.340 e. The number of rotatable bonds is 9. The minimum Gasteiger partial charge on any atom is -0.452 e. The van der Waals surface area contributed by atoms with Gasteiger partial charge in [-0.25, -0.2) is 4.79 Å². The summed E-state index contributed by atoms with van der Waals surface area (Å²) in [4.78, 5) is 24.4. The molecule has 0 radical (unpaired) electrons. The van der Waals surface area contributed by atoms with Gasteiger partial charge in [0.2, 0.25) is 0 Å². The van der Waals surface area contributed by atoms with Crippen LogP contribution in [-0.2, 0) is 9.53 Å². The number of esters is 1. The number of hydrogen-bond donors (Lipinski definition) is 2. The number of hydrogen-bond acceptors (Lipinski definition) is 4. The fourth-order valence-corrected chi connectivity index (χ4v) is 2.77. The fraction of sp³-hybridized carbons (Fsp3) is 0.333. The zero-order valence-electron chi connectivity index (χ0n) is 15.6. The van der Waals surface area contributed by atoms with Crippen molar-refractivity contribution >= 4 is 29.2 Å². The fourth-order valence-electron chi connectivity index (χ4n) is 2.57. The lowest BCUT2D eigenvalue weighted by Crippen LogP contribution is -2.31. The van der Waals surface area contributed by atoms with Crippen LogP contribution in [0.15, 0.2) is 48.5 Å². The lowest BCUT2D eigenvalue weighted by molar-refractivity contribution is -0.124. The number of halogens is 1. The van der Waals surface area contributed by atoms with Gasteiger partial charge in [-0.15, -0.1) is 0 Å². The van der Waals surface area contributed by atoms with E-state index in [1.54, 1.807) is 24.3 Å². The highest BCUT2D eigenvalue weighted by molar-refractivity contribution is 6.30. The molecule has 0 bridgehead atoms. The van der Waals surface area contributed by atoms with E-state index in [-0.39, 0.29) is 18.6 Å². The molecule has 0 spiro atoms. The Bertz CT molecular complexity index is 780. The van der Waals surface area contributed by atoms with Crippen molar-refractivity contribution in [3.05, 3.63) is 64.7 Å². The molecule has 2 N–H and O–H groups in total. The van der Waals surface area contributed by atoms with Crippen molar-refractivity contribution < 1.29 is 14.3 Å². The average Bonchev–Trinajstić information content (AvgIpc) is 2.66. The van der Waals surface area contributed by atoms with Crippen LogP contribution in [0.4, 0.5) is 5.69 Å². The summed E-state index contributed by atoms with van der Waals surface area (Å²) in [5.41, 5.74) is 2.01. The van der Waals surface area contributed by atoms with Crippen LogP contribution in [0.5, 0.6) is 0 Å². The van der Waals surface area contributed by atoms with Gasteiger partial charge >= 0.3 is 5.97 Å². The van der Waals surface area contributed by atoms with Gasteiger partial charge < -0.3 is 15.4 Å². The van der Waals surface area contributed by atoms with Gasteiger partial charge in [0.1, 0.15) is 0 Å². The first-order chi connectivity index (χ1) is 13.0. The van der Waals surface area contributed by atoms with Crippen molar-refractivity contribution in [2.45, 2.75) is 32.7 Å². The zero-order valence-corrected chi connectivity index (χ0v) is 16.4. The number of unbranched alkanes of at least 4 members (excludes halogenated alkanes) is 1. The number of nitrogens with one attached hydrogen (secondary N) is 2. The molecule has 0 aromatic heterocycles. The highest BCUT2D eigenvalue weighted by Gasteiger charge is 2.15. The molecule has 0 unspecified atom stereocenters. The molecule has 0 saturated carbocycles. The van der Waals surface area contributed by atoms with Gasteiger partial charge in [-0.1, -0.05) is 49.2 Å². The summed E-state index contributed by atoms with van der Waals surface area (Å²) >= 11 is 5.97. The smallest absolute Gasteiger partial charge is 0.340 e. The van der Waals surface area contributed by atoms with Gasteiger partial charge in [0, 0.05) is 17.3 Å². The van der Waals surface area contributed by atoms with Gasteiger partial charge in [0.15, 0.2) is 6.61 Å². The second kappa shape index (κ2) is 10.6. The van der Waals surface area contributed by atoms with Crippen LogP contribution in [0.3, 0.4) is 0 Å². The molecule has 1 atom stereocenters. The van der Waals surface area contributed by atoms with Crippen LogP contribution in [0, 0.1) is 0 Å². The molecule has 0 aliphatic heterocycles. The van der Waals surface area contributed by atoms with Crippen molar-refractivity contribution in [1.82, 2.24) is 5.32 Å². The molecule has 0 saturated heterocycles. The van der Waals surface area contributed by atoms with Crippen LogP contribution in [0.2, 0.25) is 5.02 Å². The van der Waals surface area contributed by atoms with Gasteiger partial charge in [0.05, 0.1) is 11.6 Å². The predicted octanol–water partition coefficient (Wildman–Crippen LogP) is 4.59. The Hall–Kier alpha value is -2.53. The summed E-state index contributed by atoms with van der Waals surface area (Å²) in [6.07, 6.45) is 2.07. The van der Waals surface area contributed by atoms with Crippen molar-refractivity contribution in [3.63, 3.8) is 0 Å². The molecule has 0 fully saturated rings. The third-order valence-corrected chi connectivity index (χ3v) is 4.29. The van der Waals surface area contributed by atoms with Crippen LogP contribution >= 0.6 is 11.6 Å². The molecular formula is C21H25ClN2O3. The van der Waals surface area contributed by atoms with Crippen molar-refractivity contribution in [2.24, 2.45) is 0 Å². The molecule has 1 amide bonds. The van der Waals surface area contributed by atoms with E-state index < -0.39 is 5.97 Å². The van der Waals surface area contributed by atoms with Gasteiger partial charge in [0.25, 0.3) is 5.91 Å². The van der Waals surface area contributed by atoms with E-state index in [9.17, 15) is 9.59 Å². The molecule has 27 heavy (non-hydrogen) atoms. The van der Waals surface area contributed by atoms with Gasteiger partial charge in [-0.3, -0.25) is 4.79 Å². The van der Waals surface area contributed by atoms with E-state index in [2.05, 4.69) is 17.6 Å². The average molecular weight is 389 g/mol. The molecule has 144 valence electrons. The number of ether oxygens (including phenoxy) is 1. The first-order valence-electron chi connectivity index (χ1n) is 9.06. The highest BCUT2D eigenvalue weighted by Crippen LogP contribution is 2.18. The van der Waals surface area contributed by atoms with E-state index in [1.165, 1.54) is 0 Å². The number of anilines is 1. The summed E-state index contributed by atoms with van der Waals surface area (Å²) in [6.45, 7) is 4.38. The molecule has 2 rings (SSSR count). The van der Waals surface area contributed by atoms with E-state index in [0.29, 0.717) is 16.3 Å². The van der Waals surface area contributed by atoms with Crippen LogP contribution < -0.4 is 10.6 Å². The maximum absolute atomic E-state index is 12.3. The minimum atomic E-state index is -0.528. The monoisotopic (exact) mass is 388 g/mol. The van der Waals surface area contributed by atoms with E-state index >= 15 is 0 Å². The minimum absolute atomic E-state index is 0.238. The van der Waals surface area contributed by atoms with E-state index in [0.717, 1.165) is 24.9 Å². The Labute approximate surface area is 165 Å². The molecule has 6 heteroatoms. The summed E-state index contributed by atoms with van der Waals surface area (Å²) < 4.78 is 5.18. The number of para-hydroxylation sites is 1. The zero-order chi connectivity index (χ0) is 19.6. The lowest BCUT2D eigenvalue weighted by atomic mass is 10.1. The normalized spacial score (nSPS) is 11.5. The summed E-state index contributed by atoms with van der Waals surface area (Å²) in [7, 11) is 0. The highest BCUT2D eigenvalue weighted by atomic mass is 35.5. The Balaban J connectivity index is 1.88. The molecule has 0 aliphatic carbocycles. The molecular weight excluding hydrogens is 364 g/mol. The summed E-state index contributed by atoms with van der Waals surface area (Å²) in [6, 6.07) is 14.1. The van der Waals surface area contributed by atoms with Crippen LogP contribution in [-0.4, -0.2) is 25.0 Å². The molecule has 0 aliphatic rings. The Morgan fingerprint density at radius 1 is 1.15 bits per heavy atom. The second-order valence-corrected chi connectivity index (χ2v) is 6.68.